The van der Waals surface area contributed by atoms with Crippen LogP contribution in [-0.2, 0) is 6.54 Å². The molecule has 1 fully saturated rings. The van der Waals surface area contributed by atoms with Crippen LogP contribution < -0.4 is 10.5 Å². The monoisotopic (exact) mass is 368 g/mol. The fourth-order valence-electron chi connectivity index (χ4n) is 2.90. The average Bonchev–Trinajstić information content (AvgIpc) is 2.57. The fraction of sp³-hybridized carbons (Fsp3) is 0.353. The molecule has 23 heavy (non-hydrogen) atoms. The van der Waals surface area contributed by atoms with Crippen LogP contribution in [0.5, 0.6) is 0 Å². The van der Waals surface area contributed by atoms with Crippen molar-refractivity contribution in [1.29, 1.82) is 5.26 Å². The predicted octanol–water partition coefficient (Wildman–Crippen LogP) is 1.72. The van der Waals surface area contributed by atoms with Gasteiger partial charge in [0.25, 0.3) is 0 Å². The van der Waals surface area contributed by atoms with Gasteiger partial charge in [-0.1, -0.05) is 0 Å². The zero-order valence-corrected chi connectivity index (χ0v) is 14.6. The molecule has 0 bridgehead atoms. The summed E-state index contributed by atoms with van der Waals surface area (Å²) in [6.45, 7) is 2.16. The van der Waals surface area contributed by atoms with Crippen molar-refractivity contribution in [2.24, 2.45) is 0 Å². The number of rotatable bonds is 3. The summed E-state index contributed by atoms with van der Waals surface area (Å²) in [5.41, 5.74) is 1.35. The Bertz CT molecular complexity index is 796. The second-order valence-electron chi connectivity index (χ2n) is 5.68. The van der Waals surface area contributed by atoms with Crippen molar-refractivity contribution in [3.63, 3.8) is 0 Å². The summed E-state index contributed by atoms with van der Waals surface area (Å²) in [4.78, 5) is 19.0. The molecule has 2 radical (unpaired) electrons. The van der Waals surface area contributed by atoms with Crippen LogP contribution in [0.4, 0.5) is 5.95 Å². The number of anilines is 1. The zero-order chi connectivity index (χ0) is 16.2. The average molecular weight is 368 g/mol. The summed E-state index contributed by atoms with van der Waals surface area (Å²) < 4.78 is 2.20. The molecule has 0 amide bonds. The quantitative estimate of drug-likeness (QED) is 0.774. The van der Waals surface area contributed by atoms with Gasteiger partial charge in [0, 0.05) is 0 Å². The second-order valence-corrected chi connectivity index (χ2v) is 7.21. The van der Waals surface area contributed by atoms with Crippen molar-refractivity contribution in [1.82, 2.24) is 9.55 Å². The molecule has 1 aromatic heterocycles. The van der Waals surface area contributed by atoms with Gasteiger partial charge >= 0.3 is 144 Å². The van der Waals surface area contributed by atoms with E-state index in [1.54, 1.807) is 16.8 Å². The summed E-state index contributed by atoms with van der Waals surface area (Å²) >= 11 is 2.70. The molecule has 0 N–H and O–H groups in total. The van der Waals surface area contributed by atoms with E-state index < -0.39 is 0 Å². The second kappa shape index (κ2) is 7.02. The van der Waals surface area contributed by atoms with Gasteiger partial charge in [-0.25, -0.2) is 0 Å². The molecule has 5 nitrogen and oxygen atoms in total. The van der Waals surface area contributed by atoms with Crippen molar-refractivity contribution < 1.29 is 0 Å². The van der Waals surface area contributed by atoms with Crippen LogP contribution in [0, 0.1) is 11.3 Å². The maximum absolute atomic E-state index is 12.4. The molecule has 1 aliphatic rings. The summed E-state index contributed by atoms with van der Waals surface area (Å²) in [6.07, 6.45) is 3.85. The summed E-state index contributed by atoms with van der Waals surface area (Å²) in [7, 11) is 0. The van der Waals surface area contributed by atoms with Crippen LogP contribution in [0.25, 0.3) is 0 Å². The van der Waals surface area contributed by atoms with Crippen molar-refractivity contribution >= 4 is 22.8 Å². The van der Waals surface area contributed by atoms with E-state index in [0.29, 0.717) is 22.8 Å². The Hall–Kier alpha value is -2.05. The van der Waals surface area contributed by atoms with Gasteiger partial charge in [0.1, 0.15) is 0 Å². The first-order valence-electron chi connectivity index (χ1n) is 7.66. The Morgan fingerprint density at radius 1 is 1.35 bits per heavy atom. The molecule has 0 spiro atoms. The van der Waals surface area contributed by atoms with Crippen molar-refractivity contribution in [2.45, 2.75) is 24.1 Å². The summed E-state index contributed by atoms with van der Waals surface area (Å²) in [6, 6.07) is 11.0. The standard InChI is InChI=1S/C17H17AsN4O/c18-15-6-3-9-21(12-15)17-20-8-7-16(23)22(17)11-14-5-2-1-4-13(14)10-19/h1-2,4-5,7-8,15H,3,6,9,11-12H2/t15-/m1/s1. The van der Waals surface area contributed by atoms with Gasteiger partial charge in [-0.2, -0.15) is 0 Å². The van der Waals surface area contributed by atoms with Gasteiger partial charge in [-0.05, 0) is 0 Å². The fourth-order valence-corrected chi connectivity index (χ4v) is 3.70. The number of nitriles is 1. The molecule has 6 heteroatoms. The Morgan fingerprint density at radius 2 is 2.17 bits per heavy atom. The molecule has 3 rings (SSSR count). The number of benzene rings is 1. The first-order chi connectivity index (χ1) is 11.2. The van der Waals surface area contributed by atoms with E-state index in [2.05, 4.69) is 32.8 Å². The third-order valence-electron chi connectivity index (χ3n) is 4.06. The van der Waals surface area contributed by atoms with E-state index in [9.17, 15) is 10.1 Å². The third kappa shape index (κ3) is 3.48. The topological polar surface area (TPSA) is 61.9 Å². The van der Waals surface area contributed by atoms with Crippen LogP contribution in [0.3, 0.4) is 0 Å². The molecular weight excluding hydrogens is 351 g/mol. The summed E-state index contributed by atoms with van der Waals surface area (Å²) in [5, 5.41) is 9.25. The van der Waals surface area contributed by atoms with Crippen molar-refractivity contribution in [3.8, 4) is 6.07 Å². The minimum absolute atomic E-state index is 0.0875. The molecular formula is C17H17AsN4O. The maximum atomic E-state index is 12.4. The number of piperidine rings is 1. The number of nitrogens with zero attached hydrogens (tertiary/aromatic N) is 4. The van der Waals surface area contributed by atoms with E-state index in [-0.39, 0.29) is 5.56 Å². The van der Waals surface area contributed by atoms with Gasteiger partial charge in [0.15, 0.2) is 0 Å². The van der Waals surface area contributed by atoms with Gasteiger partial charge in [0.2, 0.25) is 0 Å². The van der Waals surface area contributed by atoms with Crippen LogP contribution in [0.2, 0.25) is 4.71 Å². The van der Waals surface area contributed by atoms with Crippen LogP contribution in [-0.4, -0.2) is 39.5 Å². The molecule has 116 valence electrons. The van der Waals surface area contributed by atoms with Crippen molar-refractivity contribution in [2.75, 3.05) is 18.0 Å². The molecule has 1 aliphatic heterocycles. The molecule has 0 saturated carbocycles. The third-order valence-corrected chi connectivity index (χ3v) is 4.94. The van der Waals surface area contributed by atoms with E-state index in [0.717, 1.165) is 25.1 Å². The number of hydrogen-bond donors (Lipinski definition) is 0. The van der Waals surface area contributed by atoms with Crippen LogP contribution >= 0.6 is 0 Å². The predicted molar refractivity (Wildman–Crippen MR) is 89.7 cm³/mol. The Labute approximate surface area is 144 Å². The van der Waals surface area contributed by atoms with E-state index >= 15 is 0 Å². The van der Waals surface area contributed by atoms with Gasteiger partial charge in [-0.15, -0.1) is 0 Å². The molecule has 1 atom stereocenters. The van der Waals surface area contributed by atoms with Gasteiger partial charge < -0.3 is 0 Å². The van der Waals surface area contributed by atoms with E-state index in [1.165, 1.54) is 12.5 Å². The number of aromatic nitrogens is 2. The Morgan fingerprint density at radius 3 is 2.96 bits per heavy atom. The van der Waals surface area contributed by atoms with E-state index in [4.69, 9.17) is 0 Å². The summed E-state index contributed by atoms with van der Waals surface area (Å²) in [5.74, 6) is 0.695. The Kier molecular flexibility index (Phi) is 4.83. The molecule has 1 saturated heterocycles. The zero-order valence-electron chi connectivity index (χ0n) is 12.7. The first-order valence-corrected chi connectivity index (χ1v) is 8.74. The van der Waals surface area contributed by atoms with Crippen LogP contribution in [0.15, 0.2) is 41.3 Å². The molecule has 2 heterocycles. The van der Waals surface area contributed by atoms with Gasteiger partial charge in [-0.3, -0.25) is 0 Å². The Balaban J connectivity index is 1.99. The van der Waals surface area contributed by atoms with Crippen LogP contribution in [0.1, 0.15) is 24.0 Å². The van der Waals surface area contributed by atoms with E-state index in [1.807, 2.05) is 18.2 Å². The molecule has 1 aromatic carbocycles. The molecule has 0 aliphatic carbocycles. The normalized spacial score (nSPS) is 17.7. The minimum atomic E-state index is -0.0875. The van der Waals surface area contributed by atoms with Gasteiger partial charge in [0.05, 0.1) is 0 Å². The van der Waals surface area contributed by atoms with Crippen molar-refractivity contribution in [3.05, 3.63) is 58.0 Å². The first kappa shape index (κ1) is 15.8. The number of hydrogen-bond acceptors (Lipinski definition) is 4. The molecule has 0 unspecified atom stereocenters. The SMILES string of the molecule is N#Cc1ccccc1Cn1c(N2CCC[C@@H]([As])C2)nccc1=O. The molecule has 2 aromatic rings.